The second kappa shape index (κ2) is 4.89. The molecule has 1 aliphatic heterocycles. The van der Waals surface area contributed by atoms with Crippen LogP contribution < -0.4 is 10.2 Å². The van der Waals surface area contributed by atoms with E-state index < -0.39 is 7.12 Å². The molecule has 0 aliphatic carbocycles. The fourth-order valence-electron chi connectivity index (χ4n) is 2.06. The van der Waals surface area contributed by atoms with E-state index in [1.807, 2.05) is 0 Å². The van der Waals surface area contributed by atoms with Gasteiger partial charge in [0.1, 0.15) is 11.5 Å². The molecule has 0 atom stereocenters. The number of aromatic hydroxyl groups is 1. The molecule has 20 heavy (non-hydrogen) atoms. The average molecular weight is 267 g/mol. The van der Waals surface area contributed by atoms with E-state index in [2.05, 4.69) is 4.85 Å². The molecule has 2 aromatic carbocycles. The van der Waals surface area contributed by atoms with Gasteiger partial charge in [-0.2, -0.15) is 0 Å². The highest BCUT2D eigenvalue weighted by atomic mass is 16.5. The quantitative estimate of drug-likeness (QED) is 0.644. The molecule has 0 amide bonds. The molecule has 0 bridgehead atoms. The summed E-state index contributed by atoms with van der Waals surface area (Å²) >= 11 is 0. The second-order valence-corrected chi connectivity index (χ2v) is 4.39. The van der Waals surface area contributed by atoms with Crippen LogP contribution in [0.25, 0.3) is 4.85 Å². The van der Waals surface area contributed by atoms with Gasteiger partial charge in [-0.05, 0) is 35.3 Å². The smallest absolute Gasteiger partial charge is 0.491 e. The van der Waals surface area contributed by atoms with Crippen molar-refractivity contribution in [1.29, 1.82) is 0 Å². The first-order valence-electron chi connectivity index (χ1n) is 5.98. The maximum absolute atomic E-state index is 9.79. The zero-order valence-corrected chi connectivity index (χ0v) is 10.4. The van der Waals surface area contributed by atoms with Gasteiger partial charge in [-0.25, -0.2) is 4.85 Å². The molecule has 0 radical (unpaired) electrons. The van der Waals surface area contributed by atoms with Gasteiger partial charge in [-0.15, -0.1) is 0 Å². The molecule has 0 saturated heterocycles. The summed E-state index contributed by atoms with van der Waals surface area (Å²) in [5.74, 6) is 0.722. The topological polar surface area (TPSA) is 63.3 Å². The Balaban J connectivity index is 1.87. The lowest BCUT2D eigenvalue weighted by Gasteiger charge is -2.09. The third kappa shape index (κ3) is 2.20. The van der Waals surface area contributed by atoms with Crippen LogP contribution in [0.15, 0.2) is 36.4 Å². The lowest BCUT2D eigenvalue weighted by Crippen LogP contribution is -2.27. The van der Waals surface area contributed by atoms with Crippen molar-refractivity contribution < 1.29 is 19.5 Å². The van der Waals surface area contributed by atoms with Crippen molar-refractivity contribution in [2.45, 2.75) is 6.61 Å². The van der Waals surface area contributed by atoms with Gasteiger partial charge >= 0.3 is 7.12 Å². The average Bonchev–Trinajstić information content (AvgIpc) is 2.82. The summed E-state index contributed by atoms with van der Waals surface area (Å²) in [6.45, 7) is 7.20. The van der Waals surface area contributed by atoms with E-state index in [1.54, 1.807) is 30.3 Å². The Morgan fingerprint density at radius 3 is 2.85 bits per heavy atom. The minimum Gasteiger partial charge on any atom is -0.505 e. The normalized spacial score (nSPS) is 12.9. The van der Waals surface area contributed by atoms with Gasteiger partial charge in [0.2, 0.25) is 0 Å². The summed E-state index contributed by atoms with van der Waals surface area (Å²) in [5, 5.41) is 19.3. The van der Waals surface area contributed by atoms with Gasteiger partial charge in [0.15, 0.2) is 11.4 Å². The predicted octanol–water partition coefficient (Wildman–Crippen LogP) is 1.95. The van der Waals surface area contributed by atoms with E-state index in [1.165, 1.54) is 6.07 Å². The van der Waals surface area contributed by atoms with Gasteiger partial charge in [0.05, 0.1) is 13.2 Å². The van der Waals surface area contributed by atoms with Crippen LogP contribution >= 0.6 is 0 Å². The number of phenols is 1. The van der Waals surface area contributed by atoms with Crippen molar-refractivity contribution in [3.63, 3.8) is 0 Å². The Morgan fingerprint density at radius 1 is 1.25 bits per heavy atom. The Hall–Kier alpha value is -2.49. The fraction of sp³-hybridized carbons (Fsp3) is 0.0714. The molecule has 6 heteroatoms. The van der Waals surface area contributed by atoms with Crippen LogP contribution in [0, 0.1) is 6.57 Å². The SMILES string of the molecule is [C-]#[N+]c1ccc(Oc2ccc3c(c2)COB3O)c(O)c1. The Kier molecular flexibility index (Phi) is 3.07. The molecule has 5 nitrogen and oxygen atoms in total. The molecule has 0 fully saturated rings. The number of fused-ring (bicyclic) bond motifs is 1. The van der Waals surface area contributed by atoms with E-state index in [4.69, 9.17) is 16.0 Å². The van der Waals surface area contributed by atoms with Gasteiger partial charge in [-0.1, -0.05) is 12.1 Å². The van der Waals surface area contributed by atoms with Gasteiger partial charge in [-0.3, -0.25) is 0 Å². The van der Waals surface area contributed by atoms with Crippen LogP contribution in [0.3, 0.4) is 0 Å². The Morgan fingerprint density at radius 2 is 2.10 bits per heavy atom. The summed E-state index contributed by atoms with van der Waals surface area (Å²) < 4.78 is 10.7. The van der Waals surface area contributed by atoms with Crippen LogP contribution in [-0.4, -0.2) is 17.2 Å². The molecule has 1 heterocycles. The van der Waals surface area contributed by atoms with Crippen molar-refractivity contribution in [3.8, 4) is 17.2 Å². The lowest BCUT2D eigenvalue weighted by molar-refractivity contribution is 0.275. The van der Waals surface area contributed by atoms with Crippen molar-refractivity contribution in [3.05, 3.63) is 53.4 Å². The molecule has 0 saturated carbocycles. The molecule has 1 aliphatic rings. The second-order valence-electron chi connectivity index (χ2n) is 4.39. The largest absolute Gasteiger partial charge is 0.505 e. The maximum Gasteiger partial charge on any atom is 0.491 e. The molecule has 0 spiro atoms. The molecular weight excluding hydrogens is 257 g/mol. The summed E-state index contributed by atoms with van der Waals surface area (Å²) in [6, 6.07) is 9.64. The third-order valence-electron chi connectivity index (χ3n) is 3.08. The molecule has 98 valence electrons. The number of benzene rings is 2. The van der Waals surface area contributed by atoms with Crippen LogP contribution in [0.4, 0.5) is 5.69 Å². The molecule has 0 unspecified atom stereocenters. The Bertz CT molecular complexity index is 711. The first-order chi connectivity index (χ1) is 9.67. The molecular formula is C14H10BNO4. The van der Waals surface area contributed by atoms with Crippen LogP contribution in [-0.2, 0) is 11.3 Å². The van der Waals surface area contributed by atoms with Crippen LogP contribution in [0.1, 0.15) is 5.56 Å². The first kappa shape index (κ1) is 12.5. The van der Waals surface area contributed by atoms with Gasteiger partial charge < -0.3 is 19.5 Å². The highest BCUT2D eigenvalue weighted by molar-refractivity contribution is 6.61. The van der Waals surface area contributed by atoms with Crippen LogP contribution in [0.5, 0.6) is 17.2 Å². The van der Waals surface area contributed by atoms with E-state index in [0.717, 1.165) is 11.0 Å². The fourth-order valence-corrected chi connectivity index (χ4v) is 2.06. The number of nitrogens with zero attached hydrogens (tertiary/aromatic N) is 1. The van der Waals surface area contributed by atoms with Gasteiger partial charge in [0, 0.05) is 0 Å². The lowest BCUT2D eigenvalue weighted by atomic mass is 9.80. The van der Waals surface area contributed by atoms with Crippen molar-refractivity contribution in [1.82, 2.24) is 0 Å². The number of phenolic OH excluding ortho intramolecular Hbond substituents is 1. The molecule has 2 aromatic rings. The molecule has 2 N–H and O–H groups in total. The summed E-state index contributed by atoms with van der Waals surface area (Å²) in [6.07, 6.45) is 0. The highest BCUT2D eigenvalue weighted by Crippen LogP contribution is 2.34. The summed E-state index contributed by atoms with van der Waals surface area (Å²) in [5.41, 5.74) is 1.93. The zero-order chi connectivity index (χ0) is 14.1. The summed E-state index contributed by atoms with van der Waals surface area (Å²) in [7, 11) is -0.884. The monoisotopic (exact) mass is 267 g/mol. The highest BCUT2D eigenvalue weighted by Gasteiger charge is 2.27. The van der Waals surface area contributed by atoms with Crippen molar-refractivity contribution >= 4 is 18.3 Å². The number of ether oxygens (including phenoxy) is 1. The first-order valence-corrected chi connectivity index (χ1v) is 5.98. The van der Waals surface area contributed by atoms with E-state index in [-0.39, 0.29) is 11.5 Å². The van der Waals surface area contributed by atoms with E-state index in [0.29, 0.717) is 18.0 Å². The maximum atomic E-state index is 9.79. The minimum atomic E-state index is -0.884. The number of rotatable bonds is 2. The number of hydrogen-bond acceptors (Lipinski definition) is 4. The molecule has 0 aromatic heterocycles. The van der Waals surface area contributed by atoms with Crippen molar-refractivity contribution in [2.75, 3.05) is 0 Å². The minimum absolute atomic E-state index is 0.0877. The van der Waals surface area contributed by atoms with Crippen molar-refractivity contribution in [2.24, 2.45) is 0 Å². The zero-order valence-electron chi connectivity index (χ0n) is 10.4. The number of hydrogen-bond donors (Lipinski definition) is 2. The van der Waals surface area contributed by atoms with Gasteiger partial charge in [0.25, 0.3) is 0 Å². The Labute approximate surface area is 116 Å². The standard InChI is InChI=1S/C14H10BNO4/c1-16-10-2-5-14(13(17)7-10)20-11-3-4-12-9(6-11)8-19-15(12)18/h2-7,17-18H,8H2. The van der Waals surface area contributed by atoms with Crippen LogP contribution in [0.2, 0.25) is 0 Å². The van der Waals surface area contributed by atoms with E-state index >= 15 is 0 Å². The molecule has 3 rings (SSSR count). The van der Waals surface area contributed by atoms with E-state index in [9.17, 15) is 10.1 Å². The third-order valence-corrected chi connectivity index (χ3v) is 3.08. The summed E-state index contributed by atoms with van der Waals surface area (Å²) in [4.78, 5) is 3.23. The predicted molar refractivity (Wildman–Crippen MR) is 73.3 cm³/mol.